The zero-order valence-corrected chi connectivity index (χ0v) is 35.6. The Bertz CT molecular complexity index is 3370. The van der Waals surface area contributed by atoms with E-state index in [0.29, 0.717) is 0 Å². The standard InChI is InChI=1S/C42H22F6N6O14S2/c43-23-13-25(33(47)29(31(23)45)41(59)60)51-53-35-27(69(63,64)65)11-17-9-19(5-7-21(17)37(35)55)49-39(57)15-1-2-16(4-3-15)40(58)50-20-6-8-22-18(10-20)12-28(70(66,67)68)36(38(22)56)54-52-26-14-24(44)32(46)30(34(26)48)42(61)62/h1-14,51-52H,(H,49,57)(H,50,58)(H,59,60)(H,61,62)(H,63,64,65)(H,66,67,68)/b53-35-,54-36-. The zero-order valence-electron chi connectivity index (χ0n) is 33.9. The molecule has 20 nitrogen and oxygen atoms in total. The summed E-state index contributed by atoms with van der Waals surface area (Å²) in [6.07, 6.45) is 1.47. The van der Waals surface area contributed by atoms with Crippen molar-refractivity contribution in [3.05, 3.63) is 162 Å². The van der Waals surface area contributed by atoms with Crippen molar-refractivity contribution in [3.63, 3.8) is 0 Å². The lowest BCUT2D eigenvalue weighted by molar-refractivity contribution is 0.0673. The molecular formula is C42H22F6N6O14S2. The fraction of sp³-hybridized carbons (Fsp3) is 0. The summed E-state index contributed by atoms with van der Waals surface area (Å²) in [5.41, 5.74) is -5.55. The van der Waals surface area contributed by atoms with Crippen LogP contribution in [0.15, 0.2) is 92.8 Å². The number of halogens is 6. The van der Waals surface area contributed by atoms with Crippen LogP contribution in [0.2, 0.25) is 0 Å². The first kappa shape index (κ1) is 49.1. The van der Waals surface area contributed by atoms with Gasteiger partial charge < -0.3 is 20.8 Å². The maximum absolute atomic E-state index is 14.7. The van der Waals surface area contributed by atoms with Crippen molar-refractivity contribution in [1.82, 2.24) is 0 Å². The molecule has 5 aromatic carbocycles. The number of hydrogen-bond donors (Lipinski definition) is 8. The molecule has 0 spiro atoms. The van der Waals surface area contributed by atoms with Gasteiger partial charge in [-0.15, -0.1) is 0 Å². The van der Waals surface area contributed by atoms with Gasteiger partial charge in [0.2, 0.25) is 11.6 Å². The molecule has 5 aromatic rings. The minimum atomic E-state index is -5.31. The lowest BCUT2D eigenvalue weighted by atomic mass is 9.94. The first-order valence-electron chi connectivity index (χ1n) is 18.7. The van der Waals surface area contributed by atoms with Crippen molar-refractivity contribution in [2.45, 2.75) is 0 Å². The summed E-state index contributed by atoms with van der Waals surface area (Å²) in [6.45, 7) is 0. The number of nitrogens with one attached hydrogen (secondary N) is 4. The van der Waals surface area contributed by atoms with E-state index in [1.54, 1.807) is 10.9 Å². The van der Waals surface area contributed by atoms with Crippen molar-refractivity contribution in [3.8, 4) is 0 Å². The average molecular weight is 1010 g/mol. The minimum absolute atomic E-state index is 0.0499. The number of aromatic carboxylic acids is 2. The maximum Gasteiger partial charge on any atom is 0.341 e. The molecule has 0 unspecified atom stereocenters. The molecule has 0 heterocycles. The summed E-state index contributed by atoms with van der Waals surface area (Å²) in [5, 5.41) is 29.9. The average Bonchev–Trinajstić information content (AvgIpc) is 3.27. The van der Waals surface area contributed by atoms with Crippen molar-refractivity contribution in [2.75, 3.05) is 21.5 Å². The Morgan fingerprint density at radius 2 is 0.843 bits per heavy atom. The van der Waals surface area contributed by atoms with Gasteiger partial charge >= 0.3 is 11.9 Å². The summed E-state index contributed by atoms with van der Waals surface area (Å²) in [7, 11) is -10.6. The number of amides is 2. The third-order valence-electron chi connectivity index (χ3n) is 9.86. The van der Waals surface area contributed by atoms with Gasteiger partial charge in [0.25, 0.3) is 32.1 Å². The number of hydrazone groups is 2. The SMILES string of the molecule is O=C(Nc1ccc2c(c1)C=C(S(=O)(=O)O)/C(=N/Nc1cc(F)c(F)c(C(=O)O)c1F)C2=O)c1ccc(C(=O)Nc2ccc3c(c2)C=C(S(=O)(=O)O)/C(=N/Nc2cc(F)c(F)c(C(=O)O)c2F)C3=O)cc1. The molecule has 0 saturated carbocycles. The van der Waals surface area contributed by atoms with Gasteiger partial charge in [-0.05, 0) is 83.9 Å². The number of allylic oxidation sites excluding steroid dienone is 2. The number of fused-ring (bicyclic) bond motifs is 2. The number of ketones is 2. The Morgan fingerprint density at radius 3 is 1.16 bits per heavy atom. The largest absolute Gasteiger partial charge is 0.477 e. The van der Waals surface area contributed by atoms with E-state index in [4.69, 9.17) is 10.2 Å². The second-order valence-corrected chi connectivity index (χ2v) is 17.1. The van der Waals surface area contributed by atoms with E-state index in [9.17, 15) is 81.1 Å². The van der Waals surface area contributed by atoms with Crippen LogP contribution in [-0.4, -0.2) is 82.9 Å². The maximum atomic E-state index is 14.7. The van der Waals surface area contributed by atoms with Crippen molar-refractivity contribution in [2.24, 2.45) is 10.2 Å². The second kappa shape index (κ2) is 18.3. The van der Waals surface area contributed by atoms with Gasteiger partial charge in [-0.2, -0.15) is 27.0 Å². The number of carboxylic acid groups (broad SMARTS) is 2. The molecule has 0 aromatic heterocycles. The molecule has 0 aliphatic heterocycles. The molecule has 0 bridgehead atoms. The summed E-state index contributed by atoms with van der Waals surface area (Å²) in [4.78, 5) is 73.2. The van der Waals surface area contributed by atoms with Crippen LogP contribution >= 0.6 is 0 Å². The Balaban J connectivity index is 1.06. The number of hydrogen-bond acceptors (Lipinski definition) is 14. The van der Waals surface area contributed by atoms with Gasteiger partial charge in [0.05, 0.1) is 11.4 Å². The van der Waals surface area contributed by atoms with Crippen LogP contribution in [0.25, 0.3) is 12.2 Å². The van der Waals surface area contributed by atoms with E-state index in [2.05, 4.69) is 20.8 Å². The molecule has 0 atom stereocenters. The highest BCUT2D eigenvalue weighted by atomic mass is 32.2. The van der Waals surface area contributed by atoms with Crippen LogP contribution in [0.1, 0.15) is 73.3 Å². The van der Waals surface area contributed by atoms with Gasteiger partial charge in [0, 0.05) is 45.8 Å². The van der Waals surface area contributed by atoms with E-state index in [0.717, 1.165) is 36.4 Å². The van der Waals surface area contributed by atoms with E-state index < -0.39 is 134 Å². The van der Waals surface area contributed by atoms with Crippen molar-refractivity contribution < 1.29 is 91.3 Å². The fourth-order valence-electron chi connectivity index (χ4n) is 6.59. The smallest absolute Gasteiger partial charge is 0.341 e. The molecule has 0 fully saturated rings. The monoisotopic (exact) mass is 1010 g/mol. The Kier molecular flexibility index (Phi) is 12.8. The molecule has 2 aliphatic rings. The molecule has 358 valence electrons. The molecule has 70 heavy (non-hydrogen) atoms. The van der Waals surface area contributed by atoms with Gasteiger partial charge in [-0.25, -0.2) is 35.9 Å². The molecule has 7 rings (SSSR count). The predicted molar refractivity (Wildman–Crippen MR) is 232 cm³/mol. The van der Waals surface area contributed by atoms with Crippen molar-refractivity contribution >= 4 is 102 Å². The number of carboxylic acids is 2. The Labute approximate surface area is 385 Å². The number of nitrogens with zero attached hydrogens (tertiary/aromatic N) is 2. The van der Waals surface area contributed by atoms with E-state index in [1.165, 1.54) is 36.4 Å². The Hall–Kier alpha value is -8.86. The van der Waals surface area contributed by atoms with Crippen LogP contribution < -0.4 is 21.5 Å². The number of rotatable bonds is 12. The van der Waals surface area contributed by atoms with Crippen LogP contribution in [0, 0.1) is 34.9 Å². The van der Waals surface area contributed by atoms with E-state index in [1.807, 2.05) is 0 Å². The second-order valence-electron chi connectivity index (χ2n) is 14.3. The highest BCUT2D eigenvalue weighted by molar-refractivity contribution is 7.91. The van der Waals surface area contributed by atoms with Gasteiger partial charge in [-0.3, -0.25) is 39.1 Å². The molecule has 8 N–H and O–H groups in total. The van der Waals surface area contributed by atoms with Gasteiger partial charge in [0.1, 0.15) is 20.9 Å². The van der Waals surface area contributed by atoms with Crippen LogP contribution in [0.3, 0.4) is 0 Å². The lowest BCUT2D eigenvalue weighted by Gasteiger charge is -2.18. The van der Waals surface area contributed by atoms with Gasteiger partial charge in [0.15, 0.2) is 46.3 Å². The predicted octanol–water partition coefficient (Wildman–Crippen LogP) is 6.21. The molecule has 0 saturated heterocycles. The number of anilines is 4. The number of benzene rings is 5. The van der Waals surface area contributed by atoms with Crippen LogP contribution in [-0.2, 0) is 20.2 Å². The summed E-state index contributed by atoms with van der Waals surface area (Å²) < 4.78 is 154. The normalized spacial score (nSPS) is 14.6. The van der Waals surface area contributed by atoms with Crippen molar-refractivity contribution in [1.29, 1.82) is 0 Å². The topological polar surface area (TPSA) is 324 Å². The summed E-state index contributed by atoms with van der Waals surface area (Å²) in [6, 6.07) is 11.8. The fourth-order valence-corrected chi connectivity index (χ4v) is 7.91. The van der Waals surface area contributed by atoms with Crippen LogP contribution in [0.4, 0.5) is 49.1 Å². The number of Topliss-reactive ketones (excluding diaryl/α,β-unsaturated/α-hetero) is 2. The van der Waals surface area contributed by atoms with Crippen LogP contribution in [0.5, 0.6) is 0 Å². The zero-order chi connectivity index (χ0) is 51.3. The number of carbonyl (C=O) groups excluding carboxylic acids is 4. The third-order valence-corrected chi connectivity index (χ3v) is 11.6. The highest BCUT2D eigenvalue weighted by Gasteiger charge is 2.35. The third kappa shape index (κ3) is 9.49. The quantitative estimate of drug-likeness (QED) is 0.0298. The highest BCUT2D eigenvalue weighted by Crippen LogP contribution is 2.32. The number of carbonyl (C=O) groups is 6. The summed E-state index contributed by atoms with van der Waals surface area (Å²) in [5.74, 6) is -20.0. The molecule has 2 aliphatic carbocycles. The lowest BCUT2D eigenvalue weighted by Crippen LogP contribution is -2.27. The minimum Gasteiger partial charge on any atom is -0.477 e. The Morgan fingerprint density at radius 1 is 0.500 bits per heavy atom. The van der Waals surface area contributed by atoms with E-state index in [-0.39, 0.29) is 56.9 Å². The van der Waals surface area contributed by atoms with E-state index >= 15 is 0 Å². The molecule has 0 radical (unpaired) electrons. The first-order valence-corrected chi connectivity index (χ1v) is 21.6. The molecule has 2 amide bonds. The first-order chi connectivity index (χ1) is 32.8. The summed E-state index contributed by atoms with van der Waals surface area (Å²) >= 11 is 0. The van der Waals surface area contributed by atoms with Gasteiger partial charge in [-0.1, -0.05) is 0 Å². The molecule has 28 heteroatoms. The molecular weight excluding hydrogens is 991 g/mol.